The summed E-state index contributed by atoms with van der Waals surface area (Å²) in [6.07, 6.45) is 5.10. The fourth-order valence-electron chi connectivity index (χ4n) is 3.00. The maximum absolute atomic E-state index is 15.0. The normalized spacial score (nSPS) is 16.6. The topological polar surface area (TPSA) is 72.7 Å². The molecule has 25 heavy (non-hydrogen) atoms. The second kappa shape index (κ2) is 5.61. The van der Waals surface area contributed by atoms with E-state index in [9.17, 15) is 4.79 Å². The van der Waals surface area contributed by atoms with E-state index in [1.54, 1.807) is 48.3 Å². The predicted octanol–water partition coefficient (Wildman–Crippen LogP) is 3.37. The molecule has 0 aliphatic heterocycles. The summed E-state index contributed by atoms with van der Waals surface area (Å²) in [5.74, 6) is 0.819. The quantitative estimate of drug-likeness (QED) is 0.791. The monoisotopic (exact) mass is 339 g/mol. The van der Waals surface area contributed by atoms with Gasteiger partial charge in [0.2, 0.25) is 5.91 Å². The van der Waals surface area contributed by atoms with E-state index in [1.165, 1.54) is 6.92 Å². The molecule has 1 unspecified atom stereocenters. The minimum Gasteiger partial charge on any atom is -0.311 e. The Balaban J connectivity index is 1.78. The molecule has 128 valence electrons. The van der Waals surface area contributed by atoms with Crippen molar-refractivity contribution in [2.24, 2.45) is 5.92 Å². The molecule has 1 aliphatic carbocycles. The Kier molecular flexibility index (Phi) is 3.52. The molecule has 1 aliphatic rings. The van der Waals surface area contributed by atoms with Crippen LogP contribution in [-0.2, 0) is 10.5 Å². The van der Waals surface area contributed by atoms with Gasteiger partial charge in [-0.1, -0.05) is 6.07 Å². The molecule has 1 atom stereocenters. The van der Waals surface area contributed by atoms with Crippen molar-refractivity contribution in [3.8, 4) is 5.82 Å². The van der Waals surface area contributed by atoms with E-state index < -0.39 is 5.67 Å². The SMILES string of the molecule is CC(=O)Nc1cc2c(cn1)cnn2-c1cccc(C(C)(F)C2CC2)n1. The van der Waals surface area contributed by atoms with Crippen LogP contribution in [0.25, 0.3) is 16.7 Å². The van der Waals surface area contributed by atoms with Crippen LogP contribution in [0.15, 0.2) is 36.7 Å². The first-order chi connectivity index (χ1) is 11.9. The number of anilines is 1. The number of hydrogen-bond donors (Lipinski definition) is 1. The highest BCUT2D eigenvalue weighted by Crippen LogP contribution is 2.47. The van der Waals surface area contributed by atoms with Crippen LogP contribution in [0.4, 0.5) is 10.2 Å². The molecule has 0 saturated heterocycles. The number of nitrogens with zero attached hydrogens (tertiary/aromatic N) is 4. The van der Waals surface area contributed by atoms with E-state index in [-0.39, 0.29) is 11.8 Å². The lowest BCUT2D eigenvalue weighted by Gasteiger charge is -2.19. The fourth-order valence-corrected chi connectivity index (χ4v) is 3.00. The average Bonchev–Trinajstić information content (AvgIpc) is 3.36. The lowest BCUT2D eigenvalue weighted by atomic mass is 9.98. The highest BCUT2D eigenvalue weighted by molar-refractivity contribution is 5.90. The van der Waals surface area contributed by atoms with Crippen LogP contribution in [-0.4, -0.2) is 25.7 Å². The van der Waals surface area contributed by atoms with Gasteiger partial charge in [-0.05, 0) is 37.8 Å². The fraction of sp³-hybridized carbons (Fsp3) is 0.333. The Morgan fingerprint density at radius 3 is 2.88 bits per heavy atom. The zero-order chi connectivity index (χ0) is 17.6. The molecule has 0 bridgehead atoms. The third-order valence-corrected chi connectivity index (χ3v) is 4.55. The molecular weight excluding hydrogens is 321 g/mol. The molecule has 1 amide bonds. The van der Waals surface area contributed by atoms with Crippen LogP contribution in [0.3, 0.4) is 0 Å². The summed E-state index contributed by atoms with van der Waals surface area (Å²) >= 11 is 0. The lowest BCUT2D eigenvalue weighted by Crippen LogP contribution is -2.20. The molecule has 0 radical (unpaired) electrons. The van der Waals surface area contributed by atoms with Gasteiger partial charge in [0.15, 0.2) is 11.5 Å². The van der Waals surface area contributed by atoms with Gasteiger partial charge in [-0.25, -0.2) is 19.0 Å². The third kappa shape index (κ3) is 2.86. The number of fused-ring (bicyclic) bond motifs is 1. The van der Waals surface area contributed by atoms with Gasteiger partial charge in [0.1, 0.15) is 5.82 Å². The van der Waals surface area contributed by atoms with E-state index in [0.29, 0.717) is 17.3 Å². The van der Waals surface area contributed by atoms with Crippen molar-refractivity contribution >= 4 is 22.6 Å². The summed E-state index contributed by atoms with van der Waals surface area (Å²) in [6, 6.07) is 7.03. The number of nitrogens with one attached hydrogen (secondary N) is 1. The van der Waals surface area contributed by atoms with Crippen molar-refractivity contribution in [3.63, 3.8) is 0 Å². The predicted molar refractivity (Wildman–Crippen MR) is 92.1 cm³/mol. The number of pyridine rings is 2. The second-order valence-electron chi connectivity index (χ2n) is 6.60. The van der Waals surface area contributed by atoms with Crippen LogP contribution < -0.4 is 5.32 Å². The summed E-state index contributed by atoms with van der Waals surface area (Å²) in [4.78, 5) is 19.9. The lowest BCUT2D eigenvalue weighted by molar-refractivity contribution is -0.114. The van der Waals surface area contributed by atoms with Crippen LogP contribution in [0.5, 0.6) is 0 Å². The summed E-state index contributed by atoms with van der Waals surface area (Å²) in [5, 5.41) is 7.81. The van der Waals surface area contributed by atoms with Gasteiger partial charge < -0.3 is 5.32 Å². The number of carbonyl (C=O) groups is 1. The maximum Gasteiger partial charge on any atom is 0.222 e. The number of aromatic nitrogens is 4. The van der Waals surface area contributed by atoms with Crippen molar-refractivity contribution in [2.75, 3.05) is 5.32 Å². The van der Waals surface area contributed by atoms with Gasteiger partial charge in [0.25, 0.3) is 0 Å². The molecule has 3 heterocycles. The maximum atomic E-state index is 15.0. The number of hydrogen-bond acceptors (Lipinski definition) is 4. The minimum atomic E-state index is -1.43. The van der Waals surface area contributed by atoms with Gasteiger partial charge in [0.05, 0.1) is 17.4 Å². The van der Waals surface area contributed by atoms with Crippen molar-refractivity contribution in [2.45, 2.75) is 32.4 Å². The van der Waals surface area contributed by atoms with Gasteiger partial charge >= 0.3 is 0 Å². The summed E-state index contributed by atoms with van der Waals surface area (Å²) in [6.45, 7) is 3.02. The molecule has 1 fully saturated rings. The van der Waals surface area contributed by atoms with Crippen molar-refractivity contribution in [3.05, 3.63) is 42.4 Å². The summed E-state index contributed by atoms with van der Waals surface area (Å²) in [7, 11) is 0. The number of rotatable bonds is 4. The Labute approximate surface area is 144 Å². The first-order valence-electron chi connectivity index (χ1n) is 8.23. The molecule has 0 spiro atoms. The molecule has 4 rings (SSSR count). The molecule has 0 aromatic carbocycles. The molecule has 1 saturated carbocycles. The molecular formula is C18H18FN5O. The molecule has 1 N–H and O–H groups in total. The van der Waals surface area contributed by atoms with Crippen LogP contribution in [0.2, 0.25) is 0 Å². The second-order valence-corrected chi connectivity index (χ2v) is 6.60. The smallest absolute Gasteiger partial charge is 0.222 e. The van der Waals surface area contributed by atoms with Crippen LogP contribution >= 0.6 is 0 Å². The number of alkyl halides is 1. The largest absolute Gasteiger partial charge is 0.311 e. The van der Waals surface area contributed by atoms with Crippen LogP contribution in [0.1, 0.15) is 32.4 Å². The van der Waals surface area contributed by atoms with Gasteiger partial charge in [0, 0.05) is 24.6 Å². The zero-order valence-corrected chi connectivity index (χ0v) is 14.0. The Bertz CT molecular complexity index is 961. The van der Waals surface area contributed by atoms with Gasteiger partial charge in [-0.15, -0.1) is 0 Å². The standard InChI is InChI=1S/C18H18FN5O/c1-11(25)22-16-8-14-12(9-20-16)10-21-24(14)17-5-3-4-15(23-17)18(2,19)13-6-7-13/h3-5,8-10,13H,6-7H2,1-2H3,(H,20,22,25). The van der Waals surface area contributed by atoms with E-state index in [2.05, 4.69) is 20.4 Å². The zero-order valence-electron chi connectivity index (χ0n) is 14.0. The van der Waals surface area contributed by atoms with Gasteiger partial charge in [-0.2, -0.15) is 5.10 Å². The first-order valence-corrected chi connectivity index (χ1v) is 8.23. The Hall–Kier alpha value is -2.83. The van der Waals surface area contributed by atoms with Crippen molar-refractivity contribution < 1.29 is 9.18 Å². The highest BCUT2D eigenvalue weighted by Gasteiger charge is 2.44. The number of halogens is 1. The highest BCUT2D eigenvalue weighted by atomic mass is 19.1. The van der Waals surface area contributed by atoms with E-state index in [1.807, 2.05) is 0 Å². The van der Waals surface area contributed by atoms with E-state index >= 15 is 4.39 Å². The summed E-state index contributed by atoms with van der Waals surface area (Å²) < 4.78 is 16.6. The van der Waals surface area contributed by atoms with Crippen LogP contribution in [0, 0.1) is 5.92 Å². The molecule has 3 aromatic rings. The van der Waals surface area contributed by atoms with E-state index in [0.717, 1.165) is 23.7 Å². The van der Waals surface area contributed by atoms with Crippen molar-refractivity contribution in [1.29, 1.82) is 0 Å². The summed E-state index contributed by atoms with van der Waals surface area (Å²) in [5.41, 5.74) is -0.260. The Morgan fingerprint density at radius 1 is 1.36 bits per heavy atom. The molecule has 6 nitrogen and oxygen atoms in total. The van der Waals surface area contributed by atoms with Crippen molar-refractivity contribution in [1.82, 2.24) is 19.7 Å². The Morgan fingerprint density at radius 2 is 2.16 bits per heavy atom. The molecule has 3 aromatic heterocycles. The van der Waals surface area contributed by atoms with E-state index in [4.69, 9.17) is 0 Å². The average molecular weight is 339 g/mol. The number of amides is 1. The first kappa shape index (κ1) is 15.7. The molecule has 7 heteroatoms. The number of carbonyl (C=O) groups excluding carboxylic acids is 1. The van der Waals surface area contributed by atoms with Gasteiger partial charge in [-0.3, -0.25) is 4.79 Å². The third-order valence-electron chi connectivity index (χ3n) is 4.55. The minimum absolute atomic E-state index is 0.0418.